The number of carbonyl (C=O) groups excluding carboxylic acids is 4. The minimum atomic E-state index is -0.581. The van der Waals surface area contributed by atoms with E-state index in [1.165, 1.54) is 35.8 Å². The first-order chi connectivity index (χ1) is 27.4. The smallest absolute Gasteiger partial charge is 0.274 e. The second-order valence-corrected chi connectivity index (χ2v) is 14.4. The zero-order valence-electron chi connectivity index (χ0n) is 32.6. The minimum absolute atomic E-state index is 0.00466. The summed E-state index contributed by atoms with van der Waals surface area (Å²) < 4.78 is 0. The molecule has 0 bridgehead atoms. The van der Waals surface area contributed by atoms with Gasteiger partial charge in [0.1, 0.15) is 5.70 Å². The monoisotopic (exact) mass is 823 g/mol. The van der Waals surface area contributed by atoms with Crippen LogP contribution in [0.1, 0.15) is 58.8 Å². The lowest BCUT2D eigenvalue weighted by atomic mass is 10.1. The maximum Gasteiger partial charge on any atom is 0.274 e. The number of benzene rings is 2. The SMILES string of the molecule is CC=NC(=CC(=CCC)C(=O)Nc1cccc(NC(=O)CCCCN=C(N)N)c1SCCN)C(=O)Nc1cccc(NC(=O)CCCCN=C(N)N)c1SCCN. The molecule has 310 valence electrons. The van der Waals surface area contributed by atoms with Crippen molar-refractivity contribution >= 4 is 88.0 Å². The topological polar surface area (TPSA) is 310 Å². The summed E-state index contributed by atoms with van der Waals surface area (Å²) in [7, 11) is 0. The van der Waals surface area contributed by atoms with Crippen molar-refractivity contribution in [3.05, 3.63) is 59.8 Å². The number of allylic oxidation sites excluding steroid dienone is 1. The second-order valence-electron chi connectivity index (χ2n) is 12.2. The second kappa shape index (κ2) is 27.3. The number of thioether (sulfide) groups is 2. The summed E-state index contributed by atoms with van der Waals surface area (Å²) in [6, 6.07) is 10.4. The molecule has 2 aromatic carbocycles. The molecule has 0 aliphatic heterocycles. The number of amides is 4. The Bertz CT molecular complexity index is 1800. The van der Waals surface area contributed by atoms with Gasteiger partial charge in [0.25, 0.3) is 11.8 Å². The minimum Gasteiger partial charge on any atom is -0.370 e. The highest BCUT2D eigenvalue weighted by Crippen LogP contribution is 2.36. The van der Waals surface area contributed by atoms with Crippen LogP contribution in [0.3, 0.4) is 0 Å². The Morgan fingerprint density at radius 2 is 1.11 bits per heavy atom. The maximum absolute atomic E-state index is 13.9. The van der Waals surface area contributed by atoms with Crippen LogP contribution in [-0.2, 0) is 19.2 Å². The zero-order chi connectivity index (χ0) is 42.0. The van der Waals surface area contributed by atoms with Gasteiger partial charge in [-0.3, -0.25) is 34.2 Å². The summed E-state index contributed by atoms with van der Waals surface area (Å²) in [6.45, 7) is 5.10. The molecule has 4 amide bonds. The predicted octanol–water partition coefficient (Wildman–Crippen LogP) is 3.44. The van der Waals surface area contributed by atoms with Crippen molar-refractivity contribution in [2.45, 2.75) is 68.6 Å². The van der Waals surface area contributed by atoms with E-state index in [-0.39, 0.29) is 47.8 Å². The summed E-state index contributed by atoms with van der Waals surface area (Å²) in [5, 5.41) is 11.7. The summed E-state index contributed by atoms with van der Waals surface area (Å²) in [5.74, 6) is -0.423. The van der Waals surface area contributed by atoms with Crippen LogP contribution in [0.25, 0.3) is 0 Å². The van der Waals surface area contributed by atoms with E-state index >= 15 is 0 Å². The number of nitrogens with one attached hydrogen (secondary N) is 4. The van der Waals surface area contributed by atoms with Crippen LogP contribution in [-0.4, -0.2) is 79.4 Å². The molecule has 17 nitrogen and oxygen atoms in total. The van der Waals surface area contributed by atoms with Gasteiger partial charge in [-0.15, -0.1) is 23.5 Å². The van der Waals surface area contributed by atoms with Gasteiger partial charge in [0.2, 0.25) is 11.8 Å². The average Bonchev–Trinajstić information content (AvgIpc) is 3.16. The Morgan fingerprint density at radius 1 is 0.667 bits per heavy atom. The van der Waals surface area contributed by atoms with E-state index in [1.54, 1.807) is 49.4 Å². The van der Waals surface area contributed by atoms with Gasteiger partial charge in [-0.25, -0.2) is 0 Å². The highest BCUT2D eigenvalue weighted by atomic mass is 32.2. The molecule has 2 aromatic rings. The lowest BCUT2D eigenvalue weighted by Crippen LogP contribution is -2.23. The first-order valence-electron chi connectivity index (χ1n) is 18.6. The normalized spacial score (nSPS) is 11.5. The fourth-order valence-corrected chi connectivity index (χ4v) is 6.75. The third kappa shape index (κ3) is 18.4. The third-order valence-electron chi connectivity index (χ3n) is 7.50. The molecule has 0 atom stereocenters. The number of guanidine groups is 2. The van der Waals surface area contributed by atoms with Crippen LogP contribution in [0.2, 0.25) is 0 Å². The number of carbonyl (C=O) groups is 4. The molecule has 0 aliphatic carbocycles. The molecule has 19 heteroatoms. The molecule has 0 radical (unpaired) electrons. The van der Waals surface area contributed by atoms with Gasteiger partial charge in [-0.1, -0.05) is 25.1 Å². The van der Waals surface area contributed by atoms with E-state index in [2.05, 4.69) is 36.2 Å². The van der Waals surface area contributed by atoms with Crippen LogP contribution in [0.4, 0.5) is 22.7 Å². The van der Waals surface area contributed by atoms with Crippen LogP contribution in [0.15, 0.2) is 84.6 Å². The summed E-state index contributed by atoms with van der Waals surface area (Å²) >= 11 is 2.77. The zero-order valence-corrected chi connectivity index (χ0v) is 34.3. The molecule has 0 unspecified atom stereocenters. The molecule has 0 aromatic heterocycles. The lowest BCUT2D eigenvalue weighted by Gasteiger charge is -2.17. The molecule has 0 aliphatic rings. The average molecular weight is 824 g/mol. The van der Waals surface area contributed by atoms with E-state index in [9.17, 15) is 19.2 Å². The van der Waals surface area contributed by atoms with Gasteiger partial charge in [-0.05, 0) is 69.4 Å². The van der Waals surface area contributed by atoms with E-state index in [4.69, 9.17) is 34.4 Å². The number of rotatable bonds is 25. The number of nitrogens with zero attached hydrogens (tertiary/aromatic N) is 3. The van der Waals surface area contributed by atoms with Crippen molar-refractivity contribution in [1.29, 1.82) is 0 Å². The maximum atomic E-state index is 13.9. The van der Waals surface area contributed by atoms with E-state index in [0.717, 1.165) is 0 Å². The predicted molar refractivity (Wildman–Crippen MR) is 237 cm³/mol. The highest BCUT2D eigenvalue weighted by Gasteiger charge is 2.19. The fourth-order valence-electron chi connectivity index (χ4n) is 5.00. The van der Waals surface area contributed by atoms with Gasteiger partial charge in [0.15, 0.2) is 11.9 Å². The summed E-state index contributed by atoms with van der Waals surface area (Å²) in [4.78, 5) is 66.8. The summed E-state index contributed by atoms with van der Waals surface area (Å²) in [6.07, 6.45) is 7.97. The van der Waals surface area contributed by atoms with Crippen LogP contribution >= 0.6 is 23.5 Å². The number of aliphatic imine (C=N–C) groups is 3. The molecule has 0 saturated heterocycles. The quantitative estimate of drug-likeness (QED) is 0.0172. The Balaban J connectivity index is 2.33. The van der Waals surface area contributed by atoms with Crippen LogP contribution < -0.4 is 55.7 Å². The molecule has 0 fully saturated rings. The van der Waals surface area contributed by atoms with E-state index in [0.29, 0.717) is 102 Å². The molecule has 0 heterocycles. The van der Waals surface area contributed by atoms with Crippen molar-refractivity contribution in [2.24, 2.45) is 49.4 Å². The van der Waals surface area contributed by atoms with Gasteiger partial charge in [-0.2, -0.15) is 0 Å². The van der Waals surface area contributed by atoms with Gasteiger partial charge < -0.3 is 55.7 Å². The molecular formula is C38H57N13O4S2. The van der Waals surface area contributed by atoms with Crippen molar-refractivity contribution in [3.8, 4) is 0 Å². The first-order valence-corrected chi connectivity index (χ1v) is 20.6. The standard InChI is InChI=1S/C38H57N13O4S2/c1-3-11-25(35(54)50-28-14-9-12-26(33(28)56-22-18-39)48-31(52)16-5-7-20-46-37(41)42)24-30(45-4-2)36(55)51-29-15-10-13-27(34(29)57-23-19-40)49-32(53)17-6-8-21-47-38(43)44/h4,9-15,24H,3,5-8,16-23,39-40H2,1-2H3,(H,48,52)(H,49,53)(H,50,54)(H,51,55)(H4,41,42,46)(H4,43,44,47). The van der Waals surface area contributed by atoms with E-state index in [1.807, 2.05) is 6.92 Å². The van der Waals surface area contributed by atoms with Crippen LogP contribution in [0.5, 0.6) is 0 Å². The number of hydrogen-bond acceptors (Lipinski definition) is 11. The molecular weight excluding hydrogens is 767 g/mol. The fraction of sp³-hybridized carbons (Fsp3) is 0.395. The number of hydrogen-bond donors (Lipinski definition) is 10. The first kappa shape index (κ1) is 47.8. The van der Waals surface area contributed by atoms with Crippen molar-refractivity contribution in [2.75, 3.05) is 59.0 Å². The Kier molecular flexibility index (Phi) is 22.9. The van der Waals surface area contributed by atoms with Gasteiger partial charge in [0.05, 0.1) is 32.5 Å². The third-order valence-corrected chi connectivity index (χ3v) is 9.83. The Labute approximate surface area is 342 Å². The van der Waals surface area contributed by atoms with Gasteiger partial charge >= 0.3 is 0 Å². The number of unbranched alkanes of at least 4 members (excludes halogenated alkanes) is 2. The largest absolute Gasteiger partial charge is 0.370 e. The molecule has 57 heavy (non-hydrogen) atoms. The lowest BCUT2D eigenvalue weighted by molar-refractivity contribution is -0.117. The van der Waals surface area contributed by atoms with Crippen molar-refractivity contribution in [1.82, 2.24) is 0 Å². The molecule has 16 N–H and O–H groups in total. The van der Waals surface area contributed by atoms with Crippen molar-refractivity contribution in [3.63, 3.8) is 0 Å². The summed E-state index contributed by atoms with van der Waals surface area (Å²) in [5.41, 5.74) is 35.2. The van der Waals surface area contributed by atoms with Crippen molar-refractivity contribution < 1.29 is 19.2 Å². The number of nitrogens with two attached hydrogens (primary N) is 6. The van der Waals surface area contributed by atoms with Crippen LogP contribution in [0, 0.1) is 0 Å². The molecule has 2 rings (SSSR count). The molecule has 0 saturated carbocycles. The Morgan fingerprint density at radius 3 is 1.51 bits per heavy atom. The van der Waals surface area contributed by atoms with E-state index < -0.39 is 11.8 Å². The highest BCUT2D eigenvalue weighted by molar-refractivity contribution is 7.99. The van der Waals surface area contributed by atoms with Gasteiger partial charge in [0, 0.05) is 62.3 Å². The number of anilines is 4. The Hall–Kier alpha value is -5.37. The molecule has 0 spiro atoms.